The van der Waals surface area contributed by atoms with Crippen molar-refractivity contribution in [3.8, 4) is 0 Å². The number of aliphatic hydroxyl groups is 2. The molecule has 0 atom stereocenters. The zero-order valence-electron chi connectivity index (χ0n) is 14.3. The second-order valence-electron chi connectivity index (χ2n) is 5.46. The lowest BCUT2D eigenvalue weighted by Crippen LogP contribution is -2.33. The van der Waals surface area contributed by atoms with Crippen LogP contribution in [0.5, 0.6) is 0 Å². The number of aliphatic carboxylic acids is 1. The molecule has 2 rings (SSSR count). The van der Waals surface area contributed by atoms with Gasteiger partial charge in [0.15, 0.2) is 6.29 Å². The molecule has 2 amide bonds. The van der Waals surface area contributed by atoms with Crippen LogP contribution in [0.25, 0.3) is 0 Å². The molecule has 26 heavy (non-hydrogen) atoms. The maximum absolute atomic E-state index is 11.7. The van der Waals surface area contributed by atoms with E-state index >= 15 is 0 Å². The normalized spacial score (nSPS) is 12.5. The van der Waals surface area contributed by atoms with E-state index in [9.17, 15) is 19.2 Å². The maximum Gasteiger partial charge on any atom is 0.344 e. The van der Waals surface area contributed by atoms with Gasteiger partial charge in [0.25, 0.3) is 11.8 Å². The number of carbonyl (C=O) groups excluding carboxylic acids is 3. The molecule has 0 radical (unpaired) electrons. The maximum atomic E-state index is 11.7. The van der Waals surface area contributed by atoms with E-state index in [1.165, 1.54) is 12.1 Å². The van der Waals surface area contributed by atoms with E-state index in [-0.39, 0.29) is 16.2 Å². The van der Waals surface area contributed by atoms with Gasteiger partial charge in [-0.25, -0.2) is 4.79 Å². The lowest BCUT2D eigenvalue weighted by molar-refractivity contribution is -0.171. The summed E-state index contributed by atoms with van der Waals surface area (Å²) in [6.45, 7) is 2.09. The van der Waals surface area contributed by atoms with Gasteiger partial charge >= 0.3 is 11.9 Å². The Morgan fingerprint density at radius 3 is 2.04 bits per heavy atom. The van der Waals surface area contributed by atoms with Crippen LogP contribution in [0.4, 0.5) is 0 Å². The highest BCUT2D eigenvalue weighted by Gasteiger charge is 2.38. The number of aliphatic hydroxyl groups excluding tert-OH is 1. The summed E-state index contributed by atoms with van der Waals surface area (Å²) in [5.74, 6) is -4.16. The summed E-state index contributed by atoms with van der Waals surface area (Å²) in [5, 5.41) is 25.3. The fourth-order valence-corrected chi connectivity index (χ4v) is 2.08. The average Bonchev–Trinajstić information content (AvgIpc) is 2.80. The van der Waals surface area contributed by atoms with E-state index < -0.39 is 36.5 Å². The zero-order chi connectivity index (χ0) is 19.7. The monoisotopic (exact) mass is 367 g/mol. The molecule has 0 saturated carbocycles. The minimum Gasteiger partial charge on any atom is -0.481 e. The van der Waals surface area contributed by atoms with E-state index in [0.717, 1.165) is 19.3 Å². The Bertz CT molecular complexity index is 635. The highest BCUT2D eigenvalue weighted by atomic mass is 16.7. The summed E-state index contributed by atoms with van der Waals surface area (Å²) in [7, 11) is 0. The number of hydrogen-bond acceptors (Lipinski definition) is 7. The van der Waals surface area contributed by atoms with Gasteiger partial charge in [0, 0.05) is 0 Å². The van der Waals surface area contributed by atoms with Gasteiger partial charge in [-0.1, -0.05) is 37.0 Å². The molecule has 9 nitrogen and oxygen atoms in total. The van der Waals surface area contributed by atoms with Crippen molar-refractivity contribution in [1.29, 1.82) is 0 Å². The number of unbranched alkanes of at least 4 members (excludes halogenated alkanes) is 2. The second kappa shape index (κ2) is 10.3. The molecule has 9 heteroatoms. The number of carboxylic acids is 1. The Labute approximate surface area is 149 Å². The summed E-state index contributed by atoms with van der Waals surface area (Å²) >= 11 is 0. The van der Waals surface area contributed by atoms with Crippen molar-refractivity contribution in [3.63, 3.8) is 0 Å². The third-order valence-electron chi connectivity index (χ3n) is 3.31. The number of hydrogen-bond donors (Lipinski definition) is 3. The molecule has 1 aromatic rings. The molecular weight excluding hydrogens is 346 g/mol. The number of benzene rings is 1. The molecule has 1 aliphatic rings. The highest BCUT2D eigenvalue weighted by molar-refractivity contribution is 6.21. The van der Waals surface area contributed by atoms with Crippen LogP contribution in [0.1, 0.15) is 59.7 Å². The molecule has 0 aromatic heterocycles. The van der Waals surface area contributed by atoms with Gasteiger partial charge in [0.05, 0.1) is 11.1 Å². The number of carbonyl (C=O) groups is 4. The van der Waals surface area contributed by atoms with E-state index in [2.05, 4.69) is 11.8 Å². The van der Waals surface area contributed by atoms with Crippen LogP contribution in [0.15, 0.2) is 24.3 Å². The summed E-state index contributed by atoms with van der Waals surface area (Å²) in [5.41, 5.74) is 0.233. The summed E-state index contributed by atoms with van der Waals surface area (Å²) in [6.07, 6.45) is 1.65. The quantitative estimate of drug-likeness (QED) is 0.281. The molecule has 1 aromatic carbocycles. The first kappa shape index (κ1) is 21.3. The molecule has 0 spiro atoms. The van der Waals surface area contributed by atoms with Gasteiger partial charge in [-0.05, 0) is 25.0 Å². The van der Waals surface area contributed by atoms with Crippen LogP contribution in [-0.2, 0) is 14.4 Å². The minimum atomic E-state index is -1.41. The Morgan fingerprint density at radius 1 is 1.08 bits per heavy atom. The van der Waals surface area contributed by atoms with Crippen LogP contribution in [-0.4, -0.2) is 50.4 Å². The highest BCUT2D eigenvalue weighted by Crippen LogP contribution is 2.22. The van der Waals surface area contributed by atoms with Crippen molar-refractivity contribution in [1.82, 2.24) is 5.06 Å². The first-order valence-electron chi connectivity index (χ1n) is 8.04. The summed E-state index contributed by atoms with van der Waals surface area (Å²) < 4.78 is 0. The fraction of sp³-hybridized carbons (Fsp3) is 0.412. The fourth-order valence-electron chi connectivity index (χ4n) is 2.08. The van der Waals surface area contributed by atoms with E-state index in [4.69, 9.17) is 15.3 Å². The summed E-state index contributed by atoms with van der Waals surface area (Å²) in [4.78, 5) is 49.2. The lowest BCUT2D eigenvalue weighted by Gasteiger charge is -2.11. The first-order valence-corrected chi connectivity index (χ1v) is 8.04. The van der Waals surface area contributed by atoms with Gasteiger partial charge in [0.1, 0.15) is 6.42 Å². The largest absolute Gasteiger partial charge is 0.481 e. The van der Waals surface area contributed by atoms with E-state index in [0.29, 0.717) is 6.42 Å². The molecule has 142 valence electrons. The topological polar surface area (TPSA) is 141 Å². The molecule has 0 bridgehead atoms. The van der Waals surface area contributed by atoms with Gasteiger partial charge < -0.3 is 20.2 Å². The van der Waals surface area contributed by atoms with Crippen LogP contribution < -0.4 is 0 Å². The van der Waals surface area contributed by atoms with Crippen molar-refractivity contribution in [2.75, 3.05) is 0 Å². The van der Waals surface area contributed by atoms with Crippen molar-refractivity contribution >= 4 is 23.8 Å². The molecule has 1 heterocycles. The van der Waals surface area contributed by atoms with Gasteiger partial charge in [-0.3, -0.25) is 14.4 Å². The molecule has 0 saturated heterocycles. The number of imide groups is 1. The van der Waals surface area contributed by atoms with Crippen molar-refractivity contribution in [3.05, 3.63) is 35.4 Å². The number of amides is 2. The van der Waals surface area contributed by atoms with E-state index in [1.807, 2.05) is 0 Å². The van der Waals surface area contributed by atoms with Crippen molar-refractivity contribution in [2.45, 2.75) is 45.3 Å². The molecule has 3 N–H and O–H groups in total. The first-order chi connectivity index (χ1) is 12.3. The van der Waals surface area contributed by atoms with Gasteiger partial charge in [-0.2, -0.15) is 0 Å². The number of nitrogens with zero attached hydrogens (tertiary/aromatic N) is 1. The molecule has 0 aliphatic carbocycles. The predicted octanol–water partition coefficient (Wildman–Crippen LogP) is 1.09. The third kappa shape index (κ3) is 6.26. The van der Waals surface area contributed by atoms with Crippen LogP contribution >= 0.6 is 0 Å². The molecule has 1 aliphatic heterocycles. The third-order valence-corrected chi connectivity index (χ3v) is 3.31. The zero-order valence-corrected chi connectivity index (χ0v) is 14.3. The van der Waals surface area contributed by atoms with E-state index in [1.54, 1.807) is 12.1 Å². The number of hydroxylamine groups is 2. The minimum absolute atomic E-state index is 0.116. The Balaban J connectivity index is 0.000000359. The van der Waals surface area contributed by atoms with Crippen molar-refractivity contribution in [2.24, 2.45) is 0 Å². The molecule has 0 unspecified atom stereocenters. The van der Waals surface area contributed by atoms with Crippen LogP contribution in [0.3, 0.4) is 0 Å². The SMILES string of the molecule is CCCCCC(O)O.O=C(O)CC(=O)ON1C(=O)c2ccccc2C1=O. The standard InChI is InChI=1S/C11H7NO6.C6H14O2/c13-8(14)5-9(15)18-12-10(16)6-3-1-2-4-7(6)11(12)17;1-2-3-4-5-6(7)8/h1-4H,5H2,(H,13,14);6-8H,2-5H2,1H3. The number of rotatable bonds is 7. The smallest absolute Gasteiger partial charge is 0.344 e. The van der Waals surface area contributed by atoms with Crippen LogP contribution in [0, 0.1) is 0 Å². The Kier molecular flexibility index (Phi) is 8.40. The Hall–Kier alpha value is -2.78. The predicted molar refractivity (Wildman–Crippen MR) is 87.7 cm³/mol. The van der Waals surface area contributed by atoms with Gasteiger partial charge in [0.2, 0.25) is 0 Å². The average molecular weight is 367 g/mol. The lowest BCUT2D eigenvalue weighted by atomic mass is 10.1. The van der Waals surface area contributed by atoms with Crippen molar-refractivity contribution < 1.29 is 39.3 Å². The second-order valence-corrected chi connectivity index (χ2v) is 5.46. The Morgan fingerprint density at radius 2 is 1.62 bits per heavy atom. The number of carboxylic acid groups (broad SMARTS) is 1. The molecular formula is C17H21NO8. The van der Waals surface area contributed by atoms with Crippen LogP contribution in [0.2, 0.25) is 0 Å². The molecule has 0 fully saturated rings. The van der Waals surface area contributed by atoms with Gasteiger partial charge in [-0.15, -0.1) is 0 Å². The summed E-state index contributed by atoms with van der Waals surface area (Å²) in [6, 6.07) is 5.96. The number of fused-ring (bicyclic) bond motifs is 1.